The maximum absolute atomic E-state index is 12.4. The fourth-order valence-corrected chi connectivity index (χ4v) is 3.63. The number of rotatable bonds is 4. The highest BCUT2D eigenvalue weighted by Crippen LogP contribution is 2.36. The zero-order valence-corrected chi connectivity index (χ0v) is 16.2. The summed E-state index contributed by atoms with van der Waals surface area (Å²) in [7, 11) is 1.90. The SMILES string of the molecule is Cn1cnc2c(-c3ccc(OC(F)(F)F)cc3)cc(CBr)c(-n3ccnc3)c21. The lowest BCUT2D eigenvalue weighted by molar-refractivity contribution is -0.274. The van der Waals surface area contributed by atoms with Gasteiger partial charge in [-0.3, -0.25) is 0 Å². The Morgan fingerprint density at radius 1 is 1.14 bits per heavy atom. The third-order valence-corrected chi connectivity index (χ3v) is 4.95. The van der Waals surface area contributed by atoms with Gasteiger partial charge in [0.25, 0.3) is 0 Å². The Hall–Kier alpha value is -2.81. The number of halogens is 4. The monoisotopic (exact) mass is 450 g/mol. The molecule has 0 N–H and O–H groups in total. The first kappa shape index (κ1) is 18.5. The molecule has 0 spiro atoms. The van der Waals surface area contributed by atoms with Crippen molar-refractivity contribution >= 4 is 27.0 Å². The van der Waals surface area contributed by atoms with Gasteiger partial charge >= 0.3 is 6.36 Å². The molecule has 0 unspecified atom stereocenters. The van der Waals surface area contributed by atoms with Crippen LogP contribution >= 0.6 is 15.9 Å². The van der Waals surface area contributed by atoms with Crippen molar-refractivity contribution in [3.05, 3.63) is 60.9 Å². The molecule has 0 bridgehead atoms. The van der Waals surface area contributed by atoms with Gasteiger partial charge in [-0.2, -0.15) is 0 Å². The summed E-state index contributed by atoms with van der Waals surface area (Å²) in [6, 6.07) is 7.78. The number of fused-ring (bicyclic) bond motifs is 1. The Balaban J connectivity index is 1.88. The zero-order chi connectivity index (χ0) is 19.9. The number of benzene rings is 2. The number of aromatic nitrogens is 4. The predicted octanol–water partition coefficient (Wildman–Crippen LogP) is 5.22. The lowest BCUT2D eigenvalue weighted by atomic mass is 9.99. The summed E-state index contributed by atoms with van der Waals surface area (Å²) < 4.78 is 45.0. The van der Waals surface area contributed by atoms with Crippen molar-refractivity contribution in [1.29, 1.82) is 0 Å². The van der Waals surface area contributed by atoms with Crippen molar-refractivity contribution in [1.82, 2.24) is 19.1 Å². The Morgan fingerprint density at radius 2 is 1.89 bits per heavy atom. The zero-order valence-electron chi connectivity index (χ0n) is 14.6. The fourth-order valence-electron chi connectivity index (χ4n) is 3.21. The van der Waals surface area contributed by atoms with Gasteiger partial charge in [0.15, 0.2) is 0 Å². The molecule has 4 rings (SSSR count). The second-order valence-corrected chi connectivity index (χ2v) is 6.72. The van der Waals surface area contributed by atoms with Crippen LogP contribution in [0.1, 0.15) is 5.56 Å². The standard InChI is InChI=1S/C19H14BrF3N4O/c1-26-11-25-16-15(12-2-4-14(5-3-12)28-19(21,22)23)8-13(9-20)17(18(16)26)27-7-6-24-10-27/h2-8,10-11H,9H2,1H3. The number of aryl methyl sites for hydroxylation is 1. The smallest absolute Gasteiger partial charge is 0.406 e. The van der Waals surface area contributed by atoms with Crippen molar-refractivity contribution in [3.8, 4) is 22.6 Å². The molecule has 0 amide bonds. The molecule has 2 aromatic carbocycles. The van der Waals surface area contributed by atoms with Crippen molar-refractivity contribution in [2.75, 3.05) is 0 Å². The van der Waals surface area contributed by atoms with E-state index in [9.17, 15) is 13.2 Å². The molecule has 4 aromatic rings. The number of ether oxygens (including phenoxy) is 1. The molecule has 144 valence electrons. The largest absolute Gasteiger partial charge is 0.573 e. The van der Waals surface area contributed by atoms with E-state index in [0.717, 1.165) is 33.4 Å². The van der Waals surface area contributed by atoms with Gasteiger partial charge in [0, 0.05) is 30.3 Å². The number of hydrogen-bond acceptors (Lipinski definition) is 3. The van der Waals surface area contributed by atoms with Crippen molar-refractivity contribution < 1.29 is 17.9 Å². The lowest BCUT2D eigenvalue weighted by Crippen LogP contribution is -2.16. The molecular formula is C19H14BrF3N4O. The Kier molecular flexibility index (Phi) is 4.62. The average molecular weight is 451 g/mol. The second-order valence-electron chi connectivity index (χ2n) is 6.16. The first-order valence-corrected chi connectivity index (χ1v) is 9.37. The quantitative estimate of drug-likeness (QED) is 0.400. The summed E-state index contributed by atoms with van der Waals surface area (Å²) in [4.78, 5) is 8.65. The van der Waals surface area contributed by atoms with Gasteiger partial charge in [0.1, 0.15) is 5.75 Å². The molecule has 0 saturated carbocycles. The molecule has 0 fully saturated rings. The van der Waals surface area contributed by atoms with Gasteiger partial charge in [-0.15, -0.1) is 13.2 Å². The Bertz CT molecular complexity index is 1120. The van der Waals surface area contributed by atoms with E-state index in [1.54, 1.807) is 31.0 Å². The van der Waals surface area contributed by atoms with Gasteiger partial charge in [-0.1, -0.05) is 28.1 Å². The maximum Gasteiger partial charge on any atom is 0.573 e. The molecule has 2 aromatic heterocycles. The molecule has 0 saturated heterocycles. The van der Waals surface area contributed by atoms with Crippen LogP contribution in [-0.2, 0) is 12.4 Å². The second kappa shape index (κ2) is 6.97. The van der Waals surface area contributed by atoms with Crippen molar-refractivity contribution in [2.24, 2.45) is 7.05 Å². The third kappa shape index (κ3) is 3.37. The topological polar surface area (TPSA) is 44.9 Å². The summed E-state index contributed by atoms with van der Waals surface area (Å²) in [5, 5.41) is 0.587. The number of imidazole rings is 2. The average Bonchev–Trinajstić information content (AvgIpc) is 3.30. The van der Waals surface area contributed by atoms with E-state index >= 15 is 0 Å². The molecular weight excluding hydrogens is 437 g/mol. The number of alkyl halides is 4. The van der Waals surface area contributed by atoms with Gasteiger partial charge in [0.05, 0.1) is 29.4 Å². The molecule has 0 aliphatic heterocycles. The molecule has 5 nitrogen and oxygen atoms in total. The summed E-state index contributed by atoms with van der Waals surface area (Å²) in [6.45, 7) is 0. The van der Waals surface area contributed by atoms with Crippen LogP contribution in [0.2, 0.25) is 0 Å². The van der Waals surface area contributed by atoms with Crippen LogP contribution in [0.15, 0.2) is 55.4 Å². The normalized spacial score (nSPS) is 11.9. The first-order valence-electron chi connectivity index (χ1n) is 8.25. The Labute approximate surface area is 166 Å². The van der Waals surface area contributed by atoms with Crippen LogP contribution in [0.3, 0.4) is 0 Å². The lowest BCUT2D eigenvalue weighted by Gasteiger charge is -2.15. The minimum Gasteiger partial charge on any atom is -0.406 e. The maximum atomic E-state index is 12.4. The molecule has 0 radical (unpaired) electrons. The van der Waals surface area contributed by atoms with E-state index in [0.29, 0.717) is 5.33 Å². The summed E-state index contributed by atoms with van der Waals surface area (Å²) in [5.74, 6) is -0.260. The predicted molar refractivity (Wildman–Crippen MR) is 103 cm³/mol. The molecule has 28 heavy (non-hydrogen) atoms. The summed E-state index contributed by atoms with van der Waals surface area (Å²) in [5.41, 5.74) is 5.18. The van der Waals surface area contributed by atoms with E-state index < -0.39 is 6.36 Å². The van der Waals surface area contributed by atoms with Gasteiger partial charge in [-0.25, -0.2) is 9.97 Å². The number of hydrogen-bond donors (Lipinski definition) is 0. The summed E-state index contributed by atoms with van der Waals surface area (Å²) >= 11 is 3.54. The van der Waals surface area contributed by atoms with Gasteiger partial charge in [-0.05, 0) is 29.3 Å². The highest BCUT2D eigenvalue weighted by atomic mass is 79.9. The molecule has 0 aliphatic carbocycles. The molecule has 2 heterocycles. The van der Waals surface area contributed by atoms with Crippen LogP contribution in [-0.4, -0.2) is 25.5 Å². The van der Waals surface area contributed by atoms with E-state index in [1.165, 1.54) is 12.1 Å². The number of nitrogens with zero attached hydrogens (tertiary/aromatic N) is 4. The Morgan fingerprint density at radius 3 is 2.50 bits per heavy atom. The van der Waals surface area contributed by atoms with Crippen LogP contribution in [0, 0.1) is 0 Å². The van der Waals surface area contributed by atoms with Crippen LogP contribution in [0.5, 0.6) is 5.75 Å². The van der Waals surface area contributed by atoms with Crippen LogP contribution < -0.4 is 4.74 Å². The highest BCUT2D eigenvalue weighted by molar-refractivity contribution is 9.08. The van der Waals surface area contributed by atoms with Gasteiger partial charge in [0.2, 0.25) is 0 Å². The van der Waals surface area contributed by atoms with Crippen molar-refractivity contribution in [2.45, 2.75) is 11.7 Å². The molecule has 0 aliphatic rings. The fraction of sp³-hybridized carbons (Fsp3) is 0.158. The van der Waals surface area contributed by atoms with Crippen LogP contribution in [0.4, 0.5) is 13.2 Å². The van der Waals surface area contributed by atoms with E-state index in [4.69, 9.17) is 0 Å². The van der Waals surface area contributed by atoms with Crippen LogP contribution in [0.25, 0.3) is 27.8 Å². The summed E-state index contributed by atoms with van der Waals surface area (Å²) in [6.07, 6.45) is 2.28. The molecule has 9 heteroatoms. The minimum atomic E-state index is -4.72. The van der Waals surface area contributed by atoms with E-state index in [-0.39, 0.29) is 5.75 Å². The van der Waals surface area contributed by atoms with Crippen molar-refractivity contribution in [3.63, 3.8) is 0 Å². The van der Waals surface area contributed by atoms with E-state index in [1.807, 2.05) is 28.4 Å². The highest BCUT2D eigenvalue weighted by Gasteiger charge is 2.31. The first-order chi connectivity index (χ1) is 13.4. The molecule has 0 atom stereocenters. The van der Waals surface area contributed by atoms with Gasteiger partial charge < -0.3 is 13.9 Å². The van der Waals surface area contributed by atoms with E-state index in [2.05, 4.69) is 30.6 Å². The minimum absolute atomic E-state index is 0.260. The third-order valence-electron chi connectivity index (χ3n) is 4.34.